The molecule has 0 aliphatic heterocycles. The number of nitrogens with zero attached hydrogens (tertiary/aromatic N) is 1. The van der Waals surface area contributed by atoms with Gasteiger partial charge in [0.1, 0.15) is 5.76 Å². The second-order valence-corrected chi connectivity index (χ2v) is 5.96. The van der Waals surface area contributed by atoms with Crippen molar-refractivity contribution in [2.45, 2.75) is 43.7 Å². The number of aliphatic hydroxyl groups excluding tert-OH is 1. The first-order valence-electron chi connectivity index (χ1n) is 7.42. The Kier molecular flexibility index (Phi) is 5.37. The van der Waals surface area contributed by atoms with Crippen molar-refractivity contribution in [2.24, 2.45) is 10.7 Å². The summed E-state index contributed by atoms with van der Waals surface area (Å²) in [5.74, 6) is 0.195. The van der Waals surface area contributed by atoms with Crippen molar-refractivity contribution < 1.29 is 9.90 Å². The summed E-state index contributed by atoms with van der Waals surface area (Å²) in [7, 11) is 0. The van der Waals surface area contributed by atoms with E-state index in [0.717, 1.165) is 18.4 Å². The first-order valence-corrected chi connectivity index (χ1v) is 7.42. The van der Waals surface area contributed by atoms with Crippen molar-refractivity contribution in [3.05, 3.63) is 47.2 Å². The van der Waals surface area contributed by atoms with E-state index in [1.54, 1.807) is 6.21 Å². The van der Waals surface area contributed by atoms with Gasteiger partial charge in [-0.15, -0.1) is 12.4 Å². The molecule has 0 aromatic heterocycles. The van der Waals surface area contributed by atoms with Crippen LogP contribution in [0.25, 0.3) is 0 Å². The predicted octanol–water partition coefficient (Wildman–Crippen LogP) is 2.93. The lowest BCUT2D eigenvalue weighted by molar-refractivity contribution is -0.116. The Bertz CT molecular complexity index is 592. The Morgan fingerprint density at radius 1 is 1.18 bits per heavy atom. The lowest BCUT2D eigenvalue weighted by Crippen LogP contribution is -2.39. The van der Waals surface area contributed by atoms with Crippen molar-refractivity contribution in [1.82, 2.24) is 0 Å². The number of halogens is 1. The van der Waals surface area contributed by atoms with Gasteiger partial charge in [-0.25, -0.2) is 0 Å². The number of nitrogens with two attached hydrogens (primary N) is 1. The Hall–Kier alpha value is -1.65. The topological polar surface area (TPSA) is 75.7 Å². The number of allylic oxidation sites excluding steroid dienone is 2. The van der Waals surface area contributed by atoms with Crippen LogP contribution in [0.15, 0.2) is 46.7 Å². The zero-order chi connectivity index (χ0) is 14.8. The number of ketones is 1. The average molecular weight is 321 g/mol. The fraction of sp³-hybridized carbons (Fsp3) is 0.412. The van der Waals surface area contributed by atoms with Crippen LogP contribution in [-0.2, 0) is 4.79 Å². The van der Waals surface area contributed by atoms with E-state index < -0.39 is 0 Å². The van der Waals surface area contributed by atoms with Gasteiger partial charge in [-0.1, -0.05) is 30.3 Å². The van der Waals surface area contributed by atoms with E-state index >= 15 is 0 Å². The molecule has 0 amide bonds. The summed E-state index contributed by atoms with van der Waals surface area (Å²) >= 11 is 0. The van der Waals surface area contributed by atoms with Crippen LogP contribution in [0.5, 0.6) is 0 Å². The highest BCUT2D eigenvalue weighted by atomic mass is 35.5. The number of hydrogen-bond acceptors (Lipinski definition) is 4. The van der Waals surface area contributed by atoms with Gasteiger partial charge in [0.05, 0.1) is 11.6 Å². The number of carbonyl (C=O) groups is 1. The molecule has 1 atom stereocenters. The van der Waals surface area contributed by atoms with Crippen molar-refractivity contribution in [2.75, 3.05) is 0 Å². The third-order valence-electron chi connectivity index (χ3n) is 4.32. The first kappa shape index (κ1) is 16.7. The maximum Gasteiger partial charge on any atom is 0.168 e. The Morgan fingerprint density at radius 2 is 1.86 bits per heavy atom. The number of Topliss-reactive ketones (excluding diaryl/α,β-unsaturated/α-hetero) is 1. The van der Waals surface area contributed by atoms with Gasteiger partial charge in [0.25, 0.3) is 0 Å². The van der Waals surface area contributed by atoms with E-state index in [0.29, 0.717) is 18.4 Å². The summed E-state index contributed by atoms with van der Waals surface area (Å²) in [4.78, 5) is 16.6. The summed E-state index contributed by atoms with van der Waals surface area (Å²) in [5.41, 5.74) is 7.19. The zero-order valence-electron chi connectivity index (χ0n) is 12.3. The smallest absolute Gasteiger partial charge is 0.168 e. The minimum absolute atomic E-state index is 0. The number of carbonyl (C=O) groups excluding carboxylic acids is 1. The number of aliphatic imine (C=N–C) groups is 1. The highest BCUT2D eigenvalue weighted by Crippen LogP contribution is 2.33. The van der Waals surface area contributed by atoms with Crippen molar-refractivity contribution >= 4 is 24.4 Å². The van der Waals surface area contributed by atoms with Gasteiger partial charge in [-0.05, 0) is 24.3 Å². The molecule has 0 spiro atoms. The number of benzene rings is 1. The molecule has 0 saturated heterocycles. The molecule has 1 fully saturated rings. The lowest BCUT2D eigenvalue weighted by Gasteiger charge is -2.29. The molecular weight excluding hydrogens is 300 g/mol. The molecule has 3 rings (SSSR count). The second kappa shape index (κ2) is 7.07. The molecule has 1 aromatic carbocycles. The van der Waals surface area contributed by atoms with Crippen LogP contribution in [0.1, 0.15) is 37.2 Å². The molecule has 4 nitrogen and oxygen atoms in total. The molecule has 0 bridgehead atoms. The maximum atomic E-state index is 12.2. The molecule has 5 heteroatoms. The molecule has 0 heterocycles. The third kappa shape index (κ3) is 3.57. The highest BCUT2D eigenvalue weighted by molar-refractivity contribution is 6.14. The fourth-order valence-electron chi connectivity index (χ4n) is 2.95. The Balaban J connectivity index is 0.00000176. The summed E-state index contributed by atoms with van der Waals surface area (Å²) in [6, 6.07) is 10.3. The molecule has 0 radical (unpaired) electrons. The van der Waals surface area contributed by atoms with Crippen LogP contribution >= 0.6 is 12.4 Å². The van der Waals surface area contributed by atoms with E-state index in [1.807, 2.05) is 30.3 Å². The number of rotatable bonds is 3. The quantitative estimate of drug-likeness (QED) is 0.841. The monoisotopic (exact) mass is 320 g/mol. The Labute approximate surface area is 136 Å². The van der Waals surface area contributed by atoms with E-state index in [-0.39, 0.29) is 42.0 Å². The van der Waals surface area contributed by atoms with Crippen molar-refractivity contribution in [3.8, 4) is 0 Å². The van der Waals surface area contributed by atoms with Gasteiger partial charge in [0.2, 0.25) is 0 Å². The van der Waals surface area contributed by atoms with Crippen LogP contribution < -0.4 is 5.73 Å². The van der Waals surface area contributed by atoms with Gasteiger partial charge < -0.3 is 10.8 Å². The van der Waals surface area contributed by atoms with E-state index in [4.69, 9.17) is 5.73 Å². The number of aliphatic hydroxyl groups is 1. The van der Waals surface area contributed by atoms with Crippen molar-refractivity contribution in [1.29, 1.82) is 0 Å². The summed E-state index contributed by atoms with van der Waals surface area (Å²) in [6.07, 6.45) is 4.22. The van der Waals surface area contributed by atoms with Gasteiger partial charge in [0.15, 0.2) is 5.78 Å². The van der Waals surface area contributed by atoms with Crippen LogP contribution in [0.4, 0.5) is 0 Å². The molecule has 118 valence electrons. The minimum atomic E-state index is -0.0278. The van der Waals surface area contributed by atoms with Crippen LogP contribution in [-0.4, -0.2) is 29.2 Å². The molecule has 22 heavy (non-hydrogen) atoms. The maximum absolute atomic E-state index is 12.2. The minimum Gasteiger partial charge on any atom is -0.511 e. The molecule has 1 aromatic rings. The molecule has 2 aliphatic rings. The highest BCUT2D eigenvalue weighted by Gasteiger charge is 2.29. The van der Waals surface area contributed by atoms with E-state index in [9.17, 15) is 9.90 Å². The van der Waals surface area contributed by atoms with Crippen molar-refractivity contribution in [3.63, 3.8) is 0 Å². The molecule has 2 aliphatic carbocycles. The zero-order valence-corrected chi connectivity index (χ0v) is 13.1. The van der Waals surface area contributed by atoms with E-state index in [2.05, 4.69) is 4.99 Å². The second-order valence-electron chi connectivity index (χ2n) is 5.96. The third-order valence-corrected chi connectivity index (χ3v) is 4.32. The normalized spacial score (nSPS) is 28.4. The predicted molar refractivity (Wildman–Crippen MR) is 89.8 cm³/mol. The first-order chi connectivity index (χ1) is 10.1. The summed E-state index contributed by atoms with van der Waals surface area (Å²) in [6.45, 7) is 0. The summed E-state index contributed by atoms with van der Waals surface area (Å²) in [5, 5.41) is 10.2. The SMILES string of the molecule is Cl.NC1CC(N=CC2=C(O)CC(c3ccccc3)CC2=O)C1. The molecule has 1 saturated carbocycles. The average Bonchev–Trinajstić information content (AvgIpc) is 2.45. The van der Waals surface area contributed by atoms with Crippen LogP contribution in [0, 0.1) is 0 Å². The standard InChI is InChI=1S/C17H20N2O2.ClH/c18-13-8-14(9-13)19-10-15-16(20)6-12(7-17(15)21)11-4-2-1-3-5-11;/h1-5,10,12-14,20H,6-9,18H2;1H. The molecular formula is C17H21ClN2O2. The molecule has 1 unspecified atom stereocenters. The van der Waals surface area contributed by atoms with Crippen LogP contribution in [0.3, 0.4) is 0 Å². The Morgan fingerprint density at radius 3 is 2.45 bits per heavy atom. The summed E-state index contributed by atoms with van der Waals surface area (Å²) < 4.78 is 0. The largest absolute Gasteiger partial charge is 0.511 e. The molecule has 3 N–H and O–H groups in total. The van der Waals surface area contributed by atoms with Gasteiger partial charge >= 0.3 is 0 Å². The van der Waals surface area contributed by atoms with Gasteiger partial charge in [-0.3, -0.25) is 9.79 Å². The lowest BCUT2D eigenvalue weighted by atomic mass is 9.83. The van der Waals surface area contributed by atoms with E-state index in [1.165, 1.54) is 0 Å². The number of hydrogen-bond donors (Lipinski definition) is 2. The fourth-order valence-corrected chi connectivity index (χ4v) is 2.95. The van der Waals surface area contributed by atoms with Gasteiger partial charge in [0, 0.05) is 25.1 Å². The van der Waals surface area contributed by atoms with Gasteiger partial charge in [-0.2, -0.15) is 0 Å². The van der Waals surface area contributed by atoms with Crippen LogP contribution in [0.2, 0.25) is 0 Å².